The molecule has 3 aromatic rings. The smallest absolute Gasteiger partial charge is 0.255 e. The number of thiophene rings is 1. The molecule has 0 unspecified atom stereocenters. The van der Waals surface area contributed by atoms with Gasteiger partial charge in [0.05, 0.1) is 12.8 Å². The Morgan fingerprint density at radius 2 is 1.74 bits per heavy atom. The molecule has 0 fully saturated rings. The highest BCUT2D eigenvalue weighted by molar-refractivity contribution is 7.09. The summed E-state index contributed by atoms with van der Waals surface area (Å²) in [6.07, 6.45) is 1.15. The summed E-state index contributed by atoms with van der Waals surface area (Å²) >= 11 is 1.65. The summed E-state index contributed by atoms with van der Waals surface area (Å²) in [5.74, 6) is 0.310. The summed E-state index contributed by atoms with van der Waals surface area (Å²) < 4.78 is 5.23. The number of aryl methyl sites for hydroxylation is 1. The Morgan fingerprint density at radius 3 is 2.44 bits per heavy atom. The molecular formula is C21H20N2O3S. The van der Waals surface area contributed by atoms with Crippen LogP contribution in [-0.4, -0.2) is 18.9 Å². The lowest BCUT2D eigenvalue weighted by Gasteiger charge is -2.10. The summed E-state index contributed by atoms with van der Waals surface area (Å²) in [6.45, 7) is 0. The molecule has 0 aliphatic carbocycles. The predicted molar refractivity (Wildman–Crippen MR) is 109 cm³/mol. The molecule has 2 amide bonds. The van der Waals surface area contributed by atoms with Gasteiger partial charge in [0.2, 0.25) is 5.91 Å². The fourth-order valence-electron chi connectivity index (χ4n) is 2.56. The number of carbonyl (C=O) groups excluding carboxylic acids is 2. The van der Waals surface area contributed by atoms with Gasteiger partial charge in [-0.2, -0.15) is 0 Å². The summed E-state index contributed by atoms with van der Waals surface area (Å²) in [5.41, 5.74) is 1.77. The minimum absolute atomic E-state index is 0.0466. The highest BCUT2D eigenvalue weighted by Gasteiger charge is 2.10. The molecule has 27 heavy (non-hydrogen) atoms. The number of methoxy groups -OCH3 is 1. The fraction of sp³-hybridized carbons (Fsp3) is 0.143. The normalized spacial score (nSPS) is 10.3. The number of hydrogen-bond acceptors (Lipinski definition) is 4. The second-order valence-corrected chi connectivity index (χ2v) is 6.89. The first-order chi connectivity index (χ1) is 13.2. The van der Waals surface area contributed by atoms with Crippen LogP contribution in [0, 0.1) is 0 Å². The average molecular weight is 380 g/mol. The van der Waals surface area contributed by atoms with Crippen molar-refractivity contribution in [1.29, 1.82) is 0 Å². The van der Waals surface area contributed by atoms with E-state index in [1.807, 2.05) is 29.6 Å². The zero-order chi connectivity index (χ0) is 19.1. The molecule has 0 bridgehead atoms. The van der Waals surface area contributed by atoms with Crippen LogP contribution in [0.1, 0.15) is 21.7 Å². The van der Waals surface area contributed by atoms with Crippen LogP contribution < -0.4 is 15.4 Å². The molecule has 0 aliphatic heterocycles. The van der Waals surface area contributed by atoms with Gasteiger partial charge < -0.3 is 15.4 Å². The van der Waals surface area contributed by atoms with Crippen LogP contribution in [0.25, 0.3) is 0 Å². The topological polar surface area (TPSA) is 67.4 Å². The molecule has 3 rings (SSSR count). The van der Waals surface area contributed by atoms with E-state index in [1.54, 1.807) is 54.8 Å². The average Bonchev–Trinajstić information content (AvgIpc) is 3.21. The lowest BCUT2D eigenvalue weighted by Crippen LogP contribution is -2.14. The van der Waals surface area contributed by atoms with E-state index in [1.165, 1.54) is 4.88 Å². The van der Waals surface area contributed by atoms with Gasteiger partial charge in [0.15, 0.2) is 0 Å². The van der Waals surface area contributed by atoms with Crippen LogP contribution in [0.2, 0.25) is 0 Å². The zero-order valence-electron chi connectivity index (χ0n) is 14.9. The molecule has 2 aromatic carbocycles. The van der Waals surface area contributed by atoms with E-state index in [9.17, 15) is 9.59 Å². The Hall–Kier alpha value is -3.12. The van der Waals surface area contributed by atoms with Crippen LogP contribution in [0.4, 0.5) is 11.4 Å². The van der Waals surface area contributed by atoms with Crippen molar-refractivity contribution in [1.82, 2.24) is 0 Å². The van der Waals surface area contributed by atoms with Crippen molar-refractivity contribution in [2.45, 2.75) is 12.8 Å². The van der Waals surface area contributed by atoms with E-state index in [0.717, 1.165) is 6.42 Å². The van der Waals surface area contributed by atoms with E-state index in [2.05, 4.69) is 10.6 Å². The van der Waals surface area contributed by atoms with Crippen LogP contribution in [0.3, 0.4) is 0 Å². The van der Waals surface area contributed by atoms with Crippen molar-refractivity contribution >= 4 is 34.5 Å². The number of para-hydroxylation sites is 2. The third-order valence-electron chi connectivity index (χ3n) is 3.96. The number of nitrogens with one attached hydrogen (secondary N) is 2. The molecule has 0 saturated carbocycles. The third-order valence-corrected chi connectivity index (χ3v) is 4.90. The van der Waals surface area contributed by atoms with E-state index in [4.69, 9.17) is 4.74 Å². The summed E-state index contributed by atoms with van der Waals surface area (Å²) in [6, 6.07) is 18.0. The van der Waals surface area contributed by atoms with Crippen molar-refractivity contribution in [3.8, 4) is 5.75 Å². The summed E-state index contributed by atoms with van der Waals surface area (Å²) in [5, 5.41) is 7.68. The lowest BCUT2D eigenvalue weighted by atomic mass is 10.1. The quantitative estimate of drug-likeness (QED) is 0.630. The van der Waals surface area contributed by atoms with Gasteiger partial charge in [0.25, 0.3) is 5.91 Å². The first-order valence-electron chi connectivity index (χ1n) is 8.52. The van der Waals surface area contributed by atoms with Gasteiger partial charge in [0, 0.05) is 22.5 Å². The van der Waals surface area contributed by atoms with Crippen molar-refractivity contribution in [2.75, 3.05) is 17.7 Å². The molecule has 138 valence electrons. The largest absolute Gasteiger partial charge is 0.495 e. The van der Waals surface area contributed by atoms with Crippen LogP contribution in [0.5, 0.6) is 5.75 Å². The highest BCUT2D eigenvalue weighted by atomic mass is 32.1. The van der Waals surface area contributed by atoms with Gasteiger partial charge in [-0.3, -0.25) is 9.59 Å². The molecule has 0 radical (unpaired) electrons. The number of anilines is 2. The highest BCUT2D eigenvalue weighted by Crippen LogP contribution is 2.24. The molecule has 0 saturated heterocycles. The van der Waals surface area contributed by atoms with Crippen LogP contribution in [0.15, 0.2) is 66.0 Å². The minimum Gasteiger partial charge on any atom is -0.495 e. The maximum atomic E-state index is 12.4. The molecule has 1 aromatic heterocycles. The third kappa shape index (κ3) is 5.18. The Balaban J connectivity index is 1.56. The van der Waals surface area contributed by atoms with Crippen LogP contribution >= 0.6 is 11.3 Å². The van der Waals surface area contributed by atoms with E-state index < -0.39 is 0 Å². The lowest BCUT2D eigenvalue weighted by molar-refractivity contribution is -0.116. The summed E-state index contributed by atoms with van der Waals surface area (Å²) in [4.78, 5) is 25.6. The van der Waals surface area contributed by atoms with E-state index >= 15 is 0 Å². The Kier molecular flexibility index (Phi) is 6.22. The van der Waals surface area contributed by atoms with Crippen molar-refractivity contribution in [3.05, 3.63) is 76.5 Å². The molecule has 1 heterocycles. The molecule has 0 atom stereocenters. The van der Waals surface area contributed by atoms with Crippen molar-refractivity contribution in [2.24, 2.45) is 0 Å². The van der Waals surface area contributed by atoms with Gasteiger partial charge in [-0.15, -0.1) is 11.3 Å². The summed E-state index contributed by atoms with van der Waals surface area (Å²) in [7, 11) is 1.56. The first-order valence-corrected chi connectivity index (χ1v) is 9.40. The second-order valence-electron chi connectivity index (χ2n) is 5.86. The van der Waals surface area contributed by atoms with E-state index in [0.29, 0.717) is 29.1 Å². The first kappa shape index (κ1) is 18.7. The zero-order valence-corrected chi connectivity index (χ0v) is 15.7. The van der Waals surface area contributed by atoms with Gasteiger partial charge in [-0.05, 0) is 54.3 Å². The van der Waals surface area contributed by atoms with Crippen molar-refractivity contribution < 1.29 is 14.3 Å². The fourth-order valence-corrected chi connectivity index (χ4v) is 3.27. The molecule has 5 nitrogen and oxygen atoms in total. The monoisotopic (exact) mass is 380 g/mol. The Labute approximate surface area is 162 Å². The number of benzene rings is 2. The maximum Gasteiger partial charge on any atom is 0.255 e. The van der Waals surface area contributed by atoms with Crippen molar-refractivity contribution in [3.63, 3.8) is 0 Å². The standard InChI is InChI=1S/C21H20N2O3S/c1-26-19-7-3-2-6-18(19)23-21(25)15-8-10-16(11-9-15)22-20(24)13-12-17-5-4-14-27-17/h2-11,14H,12-13H2,1H3,(H,22,24)(H,23,25). The van der Waals surface area contributed by atoms with E-state index in [-0.39, 0.29) is 11.8 Å². The SMILES string of the molecule is COc1ccccc1NC(=O)c1ccc(NC(=O)CCc2cccs2)cc1. The molecule has 2 N–H and O–H groups in total. The number of ether oxygens (including phenoxy) is 1. The Bertz CT molecular complexity index is 905. The predicted octanol–water partition coefficient (Wildman–Crippen LogP) is 4.58. The minimum atomic E-state index is -0.241. The number of hydrogen-bond donors (Lipinski definition) is 2. The maximum absolute atomic E-state index is 12.4. The van der Waals surface area contributed by atoms with Gasteiger partial charge in [-0.1, -0.05) is 18.2 Å². The van der Waals surface area contributed by atoms with Crippen LogP contribution in [-0.2, 0) is 11.2 Å². The second kappa shape index (κ2) is 9.00. The van der Waals surface area contributed by atoms with Gasteiger partial charge >= 0.3 is 0 Å². The molecular weight excluding hydrogens is 360 g/mol. The molecule has 0 spiro atoms. The molecule has 6 heteroatoms. The number of carbonyl (C=O) groups is 2. The Morgan fingerprint density at radius 1 is 0.963 bits per heavy atom. The number of amides is 2. The molecule has 0 aliphatic rings. The van der Waals surface area contributed by atoms with Gasteiger partial charge in [-0.25, -0.2) is 0 Å². The van der Waals surface area contributed by atoms with Gasteiger partial charge in [0.1, 0.15) is 5.75 Å². The number of rotatable bonds is 7.